The highest BCUT2D eigenvalue weighted by molar-refractivity contribution is 8.10. The Bertz CT molecular complexity index is 584. The fourth-order valence-corrected chi connectivity index (χ4v) is 7.13. The fraction of sp³-hybridized carbons (Fsp3) is 0.833. The Hall–Kier alpha value is 0.165. The van der Waals surface area contributed by atoms with Crippen molar-refractivity contribution < 1.29 is 9.31 Å². The zero-order chi connectivity index (χ0) is 20.9. The Balaban J connectivity index is 1.29. The lowest BCUT2D eigenvalue weighted by atomic mass is 9.89. The van der Waals surface area contributed by atoms with Gasteiger partial charge in [-0.05, 0) is 45.4 Å². The molecule has 2 unspecified atom stereocenters. The third-order valence-corrected chi connectivity index (χ3v) is 9.64. The summed E-state index contributed by atoms with van der Waals surface area (Å²) in [5.41, 5.74) is -0.499. The molecule has 0 radical (unpaired) electrons. The number of unbranched alkanes of at least 4 members (excludes halogenated alkanes) is 9. The van der Waals surface area contributed by atoms with Crippen LogP contribution in [0.2, 0.25) is 0 Å². The Labute approximate surface area is 188 Å². The molecule has 2 atom stereocenters. The number of hydrogen-bond donors (Lipinski definition) is 0. The predicted octanol–water partition coefficient (Wildman–Crippen LogP) is 7.93. The van der Waals surface area contributed by atoms with Crippen LogP contribution in [0.5, 0.6) is 0 Å². The van der Waals surface area contributed by atoms with Crippen LogP contribution < -0.4 is 0 Å². The number of allylic oxidation sites excluding steroid dienone is 1. The van der Waals surface area contributed by atoms with E-state index in [4.69, 9.17) is 9.31 Å². The monoisotopic (exact) mass is 436 g/mol. The van der Waals surface area contributed by atoms with Crippen LogP contribution >= 0.6 is 23.5 Å². The van der Waals surface area contributed by atoms with Crippen LogP contribution in [0.25, 0.3) is 0 Å². The van der Waals surface area contributed by atoms with Gasteiger partial charge in [-0.1, -0.05) is 76.9 Å². The molecule has 3 aliphatic rings. The molecule has 0 amide bonds. The highest BCUT2D eigenvalue weighted by Gasteiger charge is 2.54. The second kappa shape index (κ2) is 10.7. The molecule has 3 heterocycles. The van der Waals surface area contributed by atoms with Crippen LogP contribution in [-0.2, 0) is 9.31 Å². The minimum absolute atomic E-state index is 0.185. The lowest BCUT2D eigenvalue weighted by Gasteiger charge is -2.32. The second-order valence-electron chi connectivity index (χ2n) is 9.89. The summed E-state index contributed by atoms with van der Waals surface area (Å²) in [5, 5.41) is 1.15. The zero-order valence-corrected chi connectivity index (χ0v) is 20.9. The molecule has 1 fully saturated rings. The van der Waals surface area contributed by atoms with E-state index in [2.05, 4.69) is 58.5 Å². The van der Waals surface area contributed by atoms with E-state index in [0.717, 1.165) is 0 Å². The van der Waals surface area contributed by atoms with E-state index in [-0.39, 0.29) is 18.3 Å². The summed E-state index contributed by atoms with van der Waals surface area (Å²) >= 11 is 4.03. The molecule has 0 aromatic carbocycles. The molecule has 3 rings (SSSR count). The Morgan fingerprint density at radius 1 is 0.759 bits per heavy atom. The van der Waals surface area contributed by atoms with Crippen molar-refractivity contribution in [3.8, 4) is 0 Å². The minimum Gasteiger partial charge on any atom is -0.399 e. The molecule has 0 bridgehead atoms. The first-order valence-corrected chi connectivity index (χ1v) is 13.7. The van der Waals surface area contributed by atoms with Gasteiger partial charge in [-0.2, -0.15) is 0 Å². The van der Waals surface area contributed by atoms with Gasteiger partial charge in [0.25, 0.3) is 0 Å². The average Bonchev–Trinajstić information content (AvgIpc) is 3.26. The van der Waals surface area contributed by atoms with E-state index in [9.17, 15) is 0 Å². The predicted molar refractivity (Wildman–Crippen MR) is 131 cm³/mol. The Morgan fingerprint density at radius 2 is 1.28 bits per heavy atom. The summed E-state index contributed by atoms with van der Waals surface area (Å²) in [4.78, 5) is 2.89. The number of fused-ring (bicyclic) bond motifs is 1. The van der Waals surface area contributed by atoms with Crippen LogP contribution in [-0.4, -0.2) is 28.8 Å². The van der Waals surface area contributed by atoms with Crippen molar-refractivity contribution in [2.24, 2.45) is 0 Å². The Kier molecular flexibility index (Phi) is 8.75. The van der Waals surface area contributed by atoms with E-state index in [0.29, 0.717) is 10.5 Å². The molecule has 5 heteroatoms. The minimum atomic E-state index is -0.250. The molecule has 3 aliphatic heterocycles. The Morgan fingerprint density at radius 3 is 1.83 bits per heavy atom. The summed E-state index contributed by atoms with van der Waals surface area (Å²) in [6.07, 6.45) is 20.3. The summed E-state index contributed by atoms with van der Waals surface area (Å²) in [7, 11) is -0.185. The van der Waals surface area contributed by atoms with Gasteiger partial charge in [-0.3, -0.25) is 0 Å². The van der Waals surface area contributed by atoms with Crippen LogP contribution in [0, 0.1) is 0 Å². The number of thioether (sulfide) groups is 2. The smallest absolute Gasteiger partial charge is 0.399 e. The zero-order valence-electron chi connectivity index (χ0n) is 19.3. The van der Waals surface area contributed by atoms with Gasteiger partial charge in [-0.25, -0.2) is 0 Å². The summed E-state index contributed by atoms with van der Waals surface area (Å²) in [5.74, 6) is 0. The van der Waals surface area contributed by atoms with Gasteiger partial charge in [0, 0.05) is 15.3 Å². The standard InChI is InChI=1S/C24H41BO2S2/c1-6-7-8-9-10-11-12-13-14-15-16-19-17-20-21(28-19)18-22(29-20)25-26-23(2,3)24(4,5)27-25/h17-18,20-21H,6-16H2,1-5H3. The van der Waals surface area contributed by atoms with Gasteiger partial charge in [0.2, 0.25) is 0 Å². The molecular weight excluding hydrogens is 395 g/mol. The average molecular weight is 437 g/mol. The summed E-state index contributed by atoms with van der Waals surface area (Å²) in [6, 6.07) is 0. The largest absolute Gasteiger partial charge is 0.501 e. The van der Waals surface area contributed by atoms with E-state index in [1.807, 2.05) is 11.8 Å². The second-order valence-corrected chi connectivity index (χ2v) is 12.4. The van der Waals surface area contributed by atoms with Crippen molar-refractivity contribution in [3.63, 3.8) is 0 Å². The van der Waals surface area contributed by atoms with Crippen molar-refractivity contribution in [3.05, 3.63) is 21.9 Å². The molecule has 0 N–H and O–H groups in total. The maximum Gasteiger partial charge on any atom is 0.501 e. The first-order chi connectivity index (χ1) is 13.8. The summed E-state index contributed by atoms with van der Waals surface area (Å²) < 4.78 is 12.5. The lowest BCUT2D eigenvalue weighted by molar-refractivity contribution is 0.00578. The van der Waals surface area contributed by atoms with Crippen molar-refractivity contribution in [1.29, 1.82) is 0 Å². The number of hydrogen-bond acceptors (Lipinski definition) is 4. The van der Waals surface area contributed by atoms with Crippen molar-refractivity contribution in [2.75, 3.05) is 0 Å². The van der Waals surface area contributed by atoms with E-state index in [1.165, 1.54) is 75.4 Å². The molecule has 0 aromatic heterocycles. The van der Waals surface area contributed by atoms with Crippen LogP contribution in [0.1, 0.15) is 105 Å². The topological polar surface area (TPSA) is 18.5 Å². The normalized spacial score (nSPS) is 27.3. The molecule has 29 heavy (non-hydrogen) atoms. The van der Waals surface area contributed by atoms with Gasteiger partial charge >= 0.3 is 7.12 Å². The van der Waals surface area contributed by atoms with Crippen molar-refractivity contribution >= 4 is 30.6 Å². The molecule has 164 valence electrons. The fourth-order valence-electron chi connectivity index (χ4n) is 4.17. The molecule has 0 aromatic rings. The van der Waals surface area contributed by atoms with Gasteiger partial charge in [0.1, 0.15) is 0 Å². The van der Waals surface area contributed by atoms with E-state index < -0.39 is 0 Å². The molecule has 0 spiro atoms. The highest BCUT2D eigenvalue weighted by Crippen LogP contribution is 2.51. The summed E-state index contributed by atoms with van der Waals surface area (Å²) in [6.45, 7) is 10.8. The first-order valence-electron chi connectivity index (χ1n) is 11.9. The van der Waals surface area contributed by atoms with Crippen LogP contribution in [0.4, 0.5) is 0 Å². The van der Waals surface area contributed by atoms with Crippen LogP contribution in [0.15, 0.2) is 21.9 Å². The molecule has 0 aliphatic carbocycles. The van der Waals surface area contributed by atoms with Gasteiger partial charge < -0.3 is 9.31 Å². The molecule has 0 saturated carbocycles. The molecule has 1 saturated heterocycles. The van der Waals surface area contributed by atoms with Gasteiger partial charge in [0.15, 0.2) is 0 Å². The maximum atomic E-state index is 6.24. The third kappa shape index (κ3) is 6.34. The lowest BCUT2D eigenvalue weighted by Crippen LogP contribution is -2.41. The van der Waals surface area contributed by atoms with Crippen molar-refractivity contribution in [1.82, 2.24) is 0 Å². The van der Waals surface area contributed by atoms with Crippen molar-refractivity contribution in [2.45, 2.75) is 127 Å². The quantitative estimate of drug-likeness (QED) is 0.228. The third-order valence-electron chi connectivity index (χ3n) is 6.82. The highest BCUT2D eigenvalue weighted by atomic mass is 32.2. The SMILES string of the molecule is CCCCCCCCCCCCC1=CC2SC(B3OC(C)(C)C(C)(C)O3)=CC2S1. The van der Waals surface area contributed by atoms with Crippen LogP contribution in [0.3, 0.4) is 0 Å². The van der Waals surface area contributed by atoms with E-state index >= 15 is 0 Å². The molecular formula is C24H41BO2S2. The maximum absolute atomic E-state index is 6.24. The molecule has 2 nitrogen and oxygen atoms in total. The van der Waals surface area contributed by atoms with Gasteiger partial charge in [0.05, 0.1) is 11.2 Å². The number of rotatable bonds is 12. The van der Waals surface area contributed by atoms with E-state index in [1.54, 1.807) is 4.91 Å². The first kappa shape index (κ1) is 23.8. The van der Waals surface area contributed by atoms with Gasteiger partial charge in [-0.15, -0.1) is 23.5 Å².